The van der Waals surface area contributed by atoms with Crippen molar-refractivity contribution in [2.45, 2.75) is 39.2 Å². The molecule has 0 spiro atoms. The Hall–Kier alpha value is -1.42. The Kier molecular flexibility index (Phi) is 5.06. The van der Waals surface area contributed by atoms with Crippen LogP contribution in [0.3, 0.4) is 0 Å². The van der Waals surface area contributed by atoms with E-state index in [1.54, 1.807) is 26.0 Å². The zero-order chi connectivity index (χ0) is 14.6. The van der Waals surface area contributed by atoms with Gasteiger partial charge in [0.25, 0.3) is 0 Å². The van der Waals surface area contributed by atoms with Gasteiger partial charge in [0.05, 0.1) is 11.5 Å². The van der Waals surface area contributed by atoms with Crippen molar-refractivity contribution in [3.05, 3.63) is 35.6 Å². The van der Waals surface area contributed by atoms with Crippen LogP contribution < -0.4 is 5.32 Å². The Balaban J connectivity index is 2.74. The van der Waals surface area contributed by atoms with Crippen LogP contribution in [0.1, 0.15) is 33.3 Å². The van der Waals surface area contributed by atoms with Crippen molar-refractivity contribution in [3.8, 4) is 0 Å². The Morgan fingerprint density at radius 1 is 1.42 bits per heavy atom. The molecule has 0 aliphatic heterocycles. The van der Waals surface area contributed by atoms with Crippen molar-refractivity contribution >= 4 is 5.91 Å². The first kappa shape index (κ1) is 15.6. The third kappa shape index (κ3) is 4.03. The van der Waals surface area contributed by atoms with E-state index in [0.717, 1.165) is 0 Å². The minimum Gasteiger partial charge on any atom is -0.391 e. The van der Waals surface area contributed by atoms with Crippen molar-refractivity contribution in [2.24, 2.45) is 5.92 Å². The molecule has 0 aliphatic rings. The standard InChI is InChI=1S/C15H22FNO2/c1-10(2)13(18)9-17-14(19)15(3,4)11-6-5-7-12(16)8-11/h5-8,10,13,18H,9H2,1-4H3,(H,17,19). The van der Waals surface area contributed by atoms with Crippen LogP contribution in [0.2, 0.25) is 0 Å². The van der Waals surface area contributed by atoms with Crippen LogP contribution in [0, 0.1) is 11.7 Å². The lowest BCUT2D eigenvalue weighted by Gasteiger charge is -2.25. The molecular formula is C15H22FNO2. The van der Waals surface area contributed by atoms with Gasteiger partial charge in [-0.2, -0.15) is 0 Å². The second kappa shape index (κ2) is 6.15. The number of hydrogen-bond acceptors (Lipinski definition) is 2. The minimum atomic E-state index is -0.835. The second-order valence-corrected chi connectivity index (χ2v) is 5.66. The number of aliphatic hydroxyl groups is 1. The highest BCUT2D eigenvalue weighted by molar-refractivity contribution is 5.87. The van der Waals surface area contributed by atoms with Crippen LogP contribution in [0.25, 0.3) is 0 Å². The lowest BCUT2D eigenvalue weighted by molar-refractivity contribution is -0.126. The molecule has 3 nitrogen and oxygen atoms in total. The van der Waals surface area contributed by atoms with Gasteiger partial charge in [0.15, 0.2) is 0 Å². The van der Waals surface area contributed by atoms with Crippen LogP contribution in [-0.2, 0) is 10.2 Å². The van der Waals surface area contributed by atoms with Crippen molar-refractivity contribution < 1.29 is 14.3 Å². The van der Waals surface area contributed by atoms with E-state index in [-0.39, 0.29) is 24.2 Å². The maximum atomic E-state index is 13.2. The molecule has 1 unspecified atom stereocenters. The van der Waals surface area contributed by atoms with Crippen LogP contribution in [0.5, 0.6) is 0 Å². The summed E-state index contributed by atoms with van der Waals surface area (Å²) in [6.45, 7) is 7.44. The summed E-state index contributed by atoms with van der Waals surface area (Å²) in [5.41, 5.74) is -0.220. The largest absolute Gasteiger partial charge is 0.391 e. The molecule has 4 heteroatoms. The number of amides is 1. The summed E-state index contributed by atoms with van der Waals surface area (Å²) in [5.74, 6) is -0.504. The molecule has 0 bridgehead atoms. The molecule has 1 aromatic rings. The van der Waals surface area contributed by atoms with Gasteiger partial charge in [-0.25, -0.2) is 4.39 Å². The highest BCUT2D eigenvalue weighted by atomic mass is 19.1. The third-order valence-electron chi connectivity index (χ3n) is 3.36. The zero-order valence-corrected chi connectivity index (χ0v) is 11.9. The molecule has 19 heavy (non-hydrogen) atoms. The van der Waals surface area contributed by atoms with Gasteiger partial charge >= 0.3 is 0 Å². The summed E-state index contributed by atoms with van der Waals surface area (Å²) in [7, 11) is 0. The molecule has 1 amide bonds. The van der Waals surface area contributed by atoms with E-state index in [1.165, 1.54) is 12.1 Å². The number of carbonyl (C=O) groups is 1. The summed E-state index contributed by atoms with van der Waals surface area (Å²) in [5, 5.41) is 12.4. The fourth-order valence-electron chi connectivity index (χ4n) is 1.66. The van der Waals surface area contributed by atoms with E-state index >= 15 is 0 Å². The summed E-state index contributed by atoms with van der Waals surface area (Å²) in [6.07, 6.45) is -0.577. The van der Waals surface area contributed by atoms with E-state index in [2.05, 4.69) is 5.32 Å². The SMILES string of the molecule is CC(C)C(O)CNC(=O)C(C)(C)c1cccc(F)c1. The molecule has 0 aromatic heterocycles. The van der Waals surface area contributed by atoms with Gasteiger partial charge in [0.2, 0.25) is 5.91 Å². The van der Waals surface area contributed by atoms with E-state index < -0.39 is 11.5 Å². The number of aliphatic hydroxyl groups excluding tert-OH is 1. The number of carbonyl (C=O) groups excluding carboxylic acids is 1. The van der Waals surface area contributed by atoms with E-state index in [0.29, 0.717) is 5.56 Å². The van der Waals surface area contributed by atoms with Crippen LogP contribution >= 0.6 is 0 Å². The van der Waals surface area contributed by atoms with E-state index in [4.69, 9.17) is 0 Å². The number of hydrogen-bond donors (Lipinski definition) is 2. The lowest BCUT2D eigenvalue weighted by Crippen LogP contribution is -2.44. The lowest BCUT2D eigenvalue weighted by atomic mass is 9.83. The zero-order valence-electron chi connectivity index (χ0n) is 11.9. The van der Waals surface area contributed by atoms with Gasteiger partial charge in [-0.15, -0.1) is 0 Å². The van der Waals surface area contributed by atoms with Crippen molar-refractivity contribution in [3.63, 3.8) is 0 Å². The summed E-state index contributed by atoms with van der Waals surface area (Å²) < 4.78 is 13.2. The Labute approximate surface area is 113 Å². The number of rotatable bonds is 5. The van der Waals surface area contributed by atoms with Crippen LogP contribution in [0.15, 0.2) is 24.3 Å². The first-order valence-electron chi connectivity index (χ1n) is 6.47. The molecular weight excluding hydrogens is 245 g/mol. The van der Waals surface area contributed by atoms with E-state index in [1.807, 2.05) is 13.8 Å². The summed E-state index contributed by atoms with van der Waals surface area (Å²) >= 11 is 0. The molecule has 1 atom stereocenters. The molecule has 0 fully saturated rings. The molecule has 106 valence electrons. The molecule has 0 saturated heterocycles. The molecule has 0 aliphatic carbocycles. The smallest absolute Gasteiger partial charge is 0.230 e. The predicted molar refractivity (Wildman–Crippen MR) is 73.3 cm³/mol. The van der Waals surface area contributed by atoms with Crippen LogP contribution in [-0.4, -0.2) is 23.7 Å². The van der Waals surface area contributed by atoms with Crippen molar-refractivity contribution in [1.82, 2.24) is 5.32 Å². The fraction of sp³-hybridized carbons (Fsp3) is 0.533. The quantitative estimate of drug-likeness (QED) is 0.859. The molecule has 0 saturated carbocycles. The van der Waals surface area contributed by atoms with Gasteiger partial charge in [-0.05, 0) is 37.5 Å². The van der Waals surface area contributed by atoms with Gasteiger partial charge < -0.3 is 10.4 Å². The monoisotopic (exact) mass is 267 g/mol. The first-order chi connectivity index (χ1) is 8.75. The Bertz CT molecular complexity index is 444. The van der Waals surface area contributed by atoms with Gasteiger partial charge in [0.1, 0.15) is 5.82 Å². The molecule has 1 rings (SSSR count). The van der Waals surface area contributed by atoms with Crippen molar-refractivity contribution in [1.29, 1.82) is 0 Å². The maximum absolute atomic E-state index is 13.2. The molecule has 2 N–H and O–H groups in total. The molecule has 0 radical (unpaired) electrons. The topological polar surface area (TPSA) is 49.3 Å². The first-order valence-corrected chi connectivity index (χ1v) is 6.47. The molecule has 0 heterocycles. The van der Waals surface area contributed by atoms with Crippen molar-refractivity contribution in [2.75, 3.05) is 6.54 Å². The van der Waals surface area contributed by atoms with Gasteiger partial charge in [0, 0.05) is 6.54 Å². The second-order valence-electron chi connectivity index (χ2n) is 5.66. The number of nitrogens with one attached hydrogen (secondary N) is 1. The summed E-state index contributed by atoms with van der Waals surface area (Å²) in [6, 6.07) is 6.02. The maximum Gasteiger partial charge on any atom is 0.230 e. The normalized spacial score (nSPS) is 13.4. The molecule has 1 aromatic carbocycles. The minimum absolute atomic E-state index is 0.0811. The number of halogens is 1. The fourth-order valence-corrected chi connectivity index (χ4v) is 1.66. The summed E-state index contributed by atoms with van der Waals surface area (Å²) in [4.78, 5) is 12.2. The number of benzene rings is 1. The Morgan fingerprint density at radius 3 is 2.58 bits per heavy atom. The van der Waals surface area contributed by atoms with Gasteiger partial charge in [-0.3, -0.25) is 4.79 Å². The van der Waals surface area contributed by atoms with Gasteiger partial charge in [-0.1, -0.05) is 26.0 Å². The third-order valence-corrected chi connectivity index (χ3v) is 3.36. The highest BCUT2D eigenvalue weighted by Crippen LogP contribution is 2.24. The Morgan fingerprint density at radius 2 is 2.05 bits per heavy atom. The predicted octanol–water partition coefficient (Wildman–Crippen LogP) is 2.24. The highest BCUT2D eigenvalue weighted by Gasteiger charge is 2.30. The van der Waals surface area contributed by atoms with E-state index in [9.17, 15) is 14.3 Å². The van der Waals surface area contributed by atoms with Crippen LogP contribution in [0.4, 0.5) is 4.39 Å². The average Bonchev–Trinajstić information content (AvgIpc) is 2.35. The average molecular weight is 267 g/mol.